The maximum Gasteiger partial charge on any atom is 0.472 e. The molecule has 0 heterocycles. The number of carbonyl (C=O) groups is 2. The van der Waals surface area contributed by atoms with Gasteiger partial charge in [0.05, 0.1) is 13.2 Å². The molecule has 0 saturated heterocycles. The van der Waals surface area contributed by atoms with Gasteiger partial charge in [0, 0.05) is 19.4 Å². The third kappa shape index (κ3) is 42.9. The molecule has 0 aromatic rings. The normalized spacial score (nSPS) is 14.1. The predicted octanol–water partition coefficient (Wildman–Crippen LogP) is 12.9. The van der Waals surface area contributed by atoms with Crippen LogP contribution in [-0.4, -0.2) is 68.3 Å². The molecule has 2 atom stereocenters. The second kappa shape index (κ2) is 41.6. The smallest absolute Gasteiger partial charge is 0.462 e. The Bertz CT molecular complexity index is 1180. The molecule has 0 amide bonds. The van der Waals surface area contributed by atoms with E-state index in [0.717, 1.165) is 83.5 Å². The standard InChI is InChI=1S/C47H82NO8P/c1-5-7-9-11-13-15-17-19-21-22-23-24-26-27-29-31-33-35-37-39-46(49)53-43-45(44-55-57(51,52)54-42-41-48(3)4)56-47(50)40-38-36-34-32-30-28-25-20-18-16-14-12-10-8-6-2/h7,9,13,15,19-21,23-25,27,29,45H,5-6,8,10-12,14,16-18,22,26,28,30-44H2,1-4H3,(H,51,52)/b9-7-,15-13-,21-19-,24-23-,25-20-,29-27-. The molecule has 0 aliphatic rings. The van der Waals surface area contributed by atoms with Crippen LogP contribution in [0.5, 0.6) is 0 Å². The molecule has 0 aromatic carbocycles. The number of carbonyl (C=O) groups excluding carboxylic acids is 2. The number of unbranched alkanes of at least 4 members (excludes halogenated alkanes) is 14. The van der Waals surface area contributed by atoms with Gasteiger partial charge in [-0.15, -0.1) is 0 Å². The van der Waals surface area contributed by atoms with Crippen molar-refractivity contribution in [3.05, 3.63) is 72.9 Å². The number of esters is 2. The van der Waals surface area contributed by atoms with Crippen LogP contribution in [0.4, 0.5) is 0 Å². The second-order valence-corrected chi connectivity index (χ2v) is 16.3. The van der Waals surface area contributed by atoms with Gasteiger partial charge in [0.1, 0.15) is 6.61 Å². The fraction of sp³-hybridized carbons (Fsp3) is 0.702. The molecule has 0 bridgehead atoms. The Morgan fingerprint density at radius 2 is 1.00 bits per heavy atom. The quantitative estimate of drug-likeness (QED) is 0.0279. The minimum Gasteiger partial charge on any atom is -0.462 e. The zero-order chi connectivity index (χ0) is 41.9. The topological polar surface area (TPSA) is 112 Å². The van der Waals surface area contributed by atoms with Gasteiger partial charge in [-0.2, -0.15) is 0 Å². The van der Waals surface area contributed by atoms with Crippen molar-refractivity contribution in [3.8, 4) is 0 Å². The Kier molecular flexibility index (Phi) is 39.7. The van der Waals surface area contributed by atoms with Crippen molar-refractivity contribution >= 4 is 19.8 Å². The summed E-state index contributed by atoms with van der Waals surface area (Å²) >= 11 is 0. The fourth-order valence-corrected chi connectivity index (χ4v) is 6.33. The fourth-order valence-electron chi connectivity index (χ4n) is 5.59. The first kappa shape index (κ1) is 54.5. The summed E-state index contributed by atoms with van der Waals surface area (Å²) in [5, 5.41) is 0. The third-order valence-electron chi connectivity index (χ3n) is 9.00. The molecular formula is C47H82NO8P. The Labute approximate surface area is 348 Å². The van der Waals surface area contributed by atoms with Crippen molar-refractivity contribution in [2.45, 2.75) is 174 Å². The summed E-state index contributed by atoms with van der Waals surface area (Å²) in [6, 6.07) is 0. The van der Waals surface area contributed by atoms with Crippen molar-refractivity contribution in [1.29, 1.82) is 0 Å². The Morgan fingerprint density at radius 1 is 0.561 bits per heavy atom. The van der Waals surface area contributed by atoms with Gasteiger partial charge in [-0.3, -0.25) is 18.6 Å². The minimum atomic E-state index is -4.38. The van der Waals surface area contributed by atoms with Crippen LogP contribution in [-0.2, 0) is 32.7 Å². The lowest BCUT2D eigenvalue weighted by Gasteiger charge is -2.20. The van der Waals surface area contributed by atoms with E-state index in [1.165, 1.54) is 44.9 Å². The highest BCUT2D eigenvalue weighted by molar-refractivity contribution is 7.47. The van der Waals surface area contributed by atoms with Crippen LogP contribution in [0.2, 0.25) is 0 Å². The number of rotatable bonds is 40. The van der Waals surface area contributed by atoms with Crippen LogP contribution in [0, 0.1) is 0 Å². The number of nitrogens with zero attached hydrogens (tertiary/aromatic N) is 1. The first-order valence-electron chi connectivity index (χ1n) is 22.2. The molecule has 1 N–H and O–H groups in total. The number of phosphoric acid groups is 1. The van der Waals surface area contributed by atoms with Gasteiger partial charge < -0.3 is 19.3 Å². The molecule has 0 radical (unpaired) electrons. The summed E-state index contributed by atoms with van der Waals surface area (Å²) < 4.78 is 33.4. The van der Waals surface area contributed by atoms with Gasteiger partial charge in [0.2, 0.25) is 0 Å². The molecule has 0 fully saturated rings. The van der Waals surface area contributed by atoms with Crippen LogP contribution in [0.3, 0.4) is 0 Å². The van der Waals surface area contributed by atoms with Gasteiger partial charge >= 0.3 is 19.8 Å². The van der Waals surface area contributed by atoms with Gasteiger partial charge in [-0.05, 0) is 97.6 Å². The van der Waals surface area contributed by atoms with Crippen molar-refractivity contribution in [1.82, 2.24) is 4.90 Å². The van der Waals surface area contributed by atoms with Crippen LogP contribution in [0.25, 0.3) is 0 Å². The van der Waals surface area contributed by atoms with E-state index in [4.69, 9.17) is 18.5 Å². The van der Waals surface area contributed by atoms with Crippen LogP contribution in [0.1, 0.15) is 168 Å². The number of allylic oxidation sites excluding steroid dienone is 12. The van der Waals surface area contributed by atoms with Crippen molar-refractivity contribution in [2.75, 3.05) is 40.5 Å². The maximum absolute atomic E-state index is 12.7. The van der Waals surface area contributed by atoms with E-state index < -0.39 is 32.5 Å². The van der Waals surface area contributed by atoms with Gasteiger partial charge in [0.25, 0.3) is 0 Å². The highest BCUT2D eigenvalue weighted by Gasteiger charge is 2.26. The van der Waals surface area contributed by atoms with Crippen LogP contribution < -0.4 is 0 Å². The molecule has 10 heteroatoms. The summed E-state index contributed by atoms with van der Waals surface area (Å²) in [4.78, 5) is 37.0. The third-order valence-corrected chi connectivity index (χ3v) is 9.98. The highest BCUT2D eigenvalue weighted by atomic mass is 31.2. The number of ether oxygens (including phenoxy) is 2. The molecule has 0 spiro atoms. The van der Waals surface area contributed by atoms with Crippen LogP contribution >= 0.6 is 7.82 Å². The summed E-state index contributed by atoms with van der Waals surface area (Å²) in [6.07, 6.45) is 49.4. The minimum absolute atomic E-state index is 0.00320. The zero-order valence-corrected chi connectivity index (χ0v) is 37.4. The first-order valence-corrected chi connectivity index (χ1v) is 23.7. The highest BCUT2D eigenvalue weighted by Crippen LogP contribution is 2.43. The van der Waals surface area contributed by atoms with Gasteiger partial charge in [0.15, 0.2) is 6.10 Å². The number of likely N-dealkylation sites (N-methyl/N-ethyl adjacent to an activating group) is 1. The number of phosphoric ester groups is 1. The van der Waals surface area contributed by atoms with E-state index in [0.29, 0.717) is 19.4 Å². The lowest BCUT2D eigenvalue weighted by molar-refractivity contribution is -0.161. The molecular weight excluding hydrogens is 737 g/mol. The van der Waals surface area contributed by atoms with E-state index in [1.54, 1.807) is 0 Å². The lowest BCUT2D eigenvalue weighted by Crippen LogP contribution is -2.29. The van der Waals surface area contributed by atoms with E-state index in [9.17, 15) is 19.0 Å². The molecule has 328 valence electrons. The van der Waals surface area contributed by atoms with Crippen LogP contribution in [0.15, 0.2) is 72.9 Å². The monoisotopic (exact) mass is 820 g/mol. The Balaban J connectivity index is 4.37. The van der Waals surface area contributed by atoms with Gasteiger partial charge in [-0.1, -0.05) is 145 Å². The van der Waals surface area contributed by atoms with Crippen molar-refractivity contribution < 1.29 is 37.6 Å². The van der Waals surface area contributed by atoms with E-state index in [1.807, 2.05) is 19.0 Å². The zero-order valence-electron chi connectivity index (χ0n) is 36.5. The number of hydrogen-bond donors (Lipinski definition) is 1. The average molecular weight is 820 g/mol. The molecule has 0 rings (SSSR count). The molecule has 0 aliphatic carbocycles. The maximum atomic E-state index is 12.7. The Morgan fingerprint density at radius 3 is 1.53 bits per heavy atom. The van der Waals surface area contributed by atoms with E-state index in [2.05, 4.69) is 86.8 Å². The van der Waals surface area contributed by atoms with Gasteiger partial charge in [-0.25, -0.2) is 4.57 Å². The molecule has 0 aromatic heterocycles. The summed E-state index contributed by atoms with van der Waals surface area (Å²) in [6.45, 7) is 4.14. The Hall–Kier alpha value is -2.55. The lowest BCUT2D eigenvalue weighted by atomic mass is 10.1. The number of hydrogen-bond acceptors (Lipinski definition) is 8. The molecule has 2 unspecified atom stereocenters. The van der Waals surface area contributed by atoms with Crippen molar-refractivity contribution in [2.24, 2.45) is 0 Å². The molecule has 57 heavy (non-hydrogen) atoms. The second-order valence-electron chi connectivity index (χ2n) is 14.8. The summed E-state index contributed by atoms with van der Waals surface area (Å²) in [7, 11) is -0.739. The summed E-state index contributed by atoms with van der Waals surface area (Å²) in [5.41, 5.74) is 0. The first-order chi connectivity index (χ1) is 27.7. The SMILES string of the molecule is CC/C=C\C/C=C\C/C=C\C/C=C\C/C=C\CCCCCC(=O)OCC(COP(=O)(O)OCCN(C)C)OC(=O)CCCCCCC/C=C\CCCCCCCC. The van der Waals surface area contributed by atoms with E-state index >= 15 is 0 Å². The summed E-state index contributed by atoms with van der Waals surface area (Å²) in [5.74, 6) is -0.855. The molecule has 0 aliphatic heterocycles. The average Bonchev–Trinajstić information content (AvgIpc) is 3.18. The van der Waals surface area contributed by atoms with Crippen molar-refractivity contribution in [3.63, 3.8) is 0 Å². The largest absolute Gasteiger partial charge is 0.472 e. The predicted molar refractivity (Wildman–Crippen MR) is 238 cm³/mol. The van der Waals surface area contributed by atoms with E-state index in [-0.39, 0.29) is 26.1 Å². The molecule has 0 saturated carbocycles. The molecule has 9 nitrogen and oxygen atoms in total.